The number of ether oxygens (including phenoxy) is 6. The van der Waals surface area contributed by atoms with Gasteiger partial charge in [-0.2, -0.15) is 0 Å². The largest absolute Gasteiger partial charge is 0.494 e. The quantitative estimate of drug-likeness (QED) is 0.0799. The first-order chi connectivity index (χ1) is 55.3. The summed E-state index contributed by atoms with van der Waals surface area (Å²) in [4.78, 5) is 141. The number of Topliss-reactive ketones (excluding diaryl/α,β-unsaturated/α-hetero) is 3. The molecule has 0 aliphatic carbocycles. The van der Waals surface area contributed by atoms with Crippen molar-refractivity contribution in [3.8, 4) is 34.9 Å². The molecule has 0 unspecified atom stereocenters. The number of carbonyl (C=O) groups is 9. The van der Waals surface area contributed by atoms with Gasteiger partial charge in [0.05, 0.1) is 127 Å². The number of methoxy groups -OCH3 is 6. The van der Waals surface area contributed by atoms with Gasteiger partial charge in [0.2, 0.25) is 17.6 Å². The number of aromatic nitrogens is 6. The van der Waals surface area contributed by atoms with E-state index in [1.54, 1.807) is 0 Å². The number of piperazine rings is 3. The molecule has 3 saturated heterocycles. The van der Waals surface area contributed by atoms with Crippen LogP contribution in [0.25, 0.3) is 32.7 Å². The molecule has 6 amide bonds. The van der Waals surface area contributed by atoms with E-state index in [1.165, 1.54) is 115 Å². The van der Waals surface area contributed by atoms with Crippen LogP contribution in [0.3, 0.4) is 0 Å². The van der Waals surface area contributed by atoms with Gasteiger partial charge in [0, 0.05) is 113 Å². The smallest absolute Gasteiger partial charge is 0.295 e. The van der Waals surface area contributed by atoms with Crippen molar-refractivity contribution in [2.45, 2.75) is 13.8 Å². The summed E-state index contributed by atoms with van der Waals surface area (Å²) >= 11 is 0. The van der Waals surface area contributed by atoms with E-state index in [2.05, 4.69) is 29.9 Å². The number of ketones is 3. The van der Waals surface area contributed by atoms with Gasteiger partial charge in [0.15, 0.2) is 0 Å². The summed E-state index contributed by atoms with van der Waals surface area (Å²) in [5.41, 5.74) is -1.94. The monoisotopic (exact) mass is 1320 g/mol. The predicted octanol–water partition coefficient (Wildman–Crippen LogP) is 5.86. The number of carbonyl (C=O) groups excluding carboxylic acids is 9. The minimum atomic E-state index is -3.97. The van der Waals surface area contributed by atoms with Crippen LogP contribution in [-0.2, 0) is 14.4 Å². The Morgan fingerprint density at radius 2 is 0.684 bits per heavy atom. The van der Waals surface area contributed by atoms with Gasteiger partial charge in [-0.1, -0.05) is 53.5 Å². The van der Waals surface area contributed by atoms with E-state index in [9.17, 15) is 43.2 Å². The van der Waals surface area contributed by atoms with Crippen LogP contribution in [0, 0.1) is 13.8 Å². The molecule has 3 fully saturated rings. The fourth-order valence-corrected chi connectivity index (χ4v) is 9.42. The van der Waals surface area contributed by atoms with E-state index < -0.39 is 172 Å². The van der Waals surface area contributed by atoms with Gasteiger partial charge in [-0.3, -0.25) is 43.2 Å². The molecule has 0 saturated carbocycles. The zero-order valence-corrected chi connectivity index (χ0v) is 51.3. The molecule has 27 nitrogen and oxygen atoms in total. The first kappa shape index (κ1) is 41.8. The second-order valence-corrected chi connectivity index (χ2v) is 19.8. The number of amides is 6. The highest BCUT2D eigenvalue weighted by Gasteiger charge is 2.35. The van der Waals surface area contributed by atoms with Crippen LogP contribution in [0.1, 0.15) is 106 Å². The third-order valence-corrected chi connectivity index (χ3v) is 14.2. The van der Waals surface area contributed by atoms with Gasteiger partial charge in [-0.25, -0.2) is 15.0 Å². The molecule has 0 atom stereocenters. The fraction of sp³-hybridized carbons (Fsp3) is 0.294. The molecule has 9 aromatic rings. The molecule has 6 aromatic heterocycles. The average Bonchev–Trinajstić information content (AvgIpc) is 1.04. The summed E-state index contributed by atoms with van der Waals surface area (Å²) in [7, 11) is 7.89. The molecule has 9 heterocycles. The second kappa shape index (κ2) is 29.3. The maximum atomic E-state index is 13.6. The van der Waals surface area contributed by atoms with Gasteiger partial charge >= 0.3 is 0 Å². The number of aromatic amines is 3. The van der Waals surface area contributed by atoms with Crippen molar-refractivity contribution in [1.82, 2.24) is 59.3 Å². The summed E-state index contributed by atoms with van der Waals surface area (Å²) < 4.78 is 231. The van der Waals surface area contributed by atoms with E-state index >= 15 is 0 Å². The van der Waals surface area contributed by atoms with Crippen LogP contribution in [0.2, 0.25) is 0 Å². The Labute approximate surface area is 578 Å². The first-order valence-corrected chi connectivity index (χ1v) is 27.9. The summed E-state index contributed by atoms with van der Waals surface area (Å²) in [6.45, 7) is -27.7. The number of hydrogen-bond acceptors (Lipinski definition) is 18. The van der Waals surface area contributed by atoms with E-state index in [0.29, 0.717) is 16.7 Å². The molecule has 3 N–H and O–H groups in total. The SMILES string of the molecule is [2H]C1([2H])N(C(=O)C(=O)c2c[nH]c3c(OC)ncc(OC)c23)C([2H])([2H])C([2H])([2H])N(C(=O)c2ccccc2)C1([2H])[2H].[2H]c1c([2H])c(C(=O)N2C([2H])([2H])C([2H])([2H])N(C(=O)C(=O)c3c[nH]c4c(OC)ncc(OC)c34)C([2H])([2H])C2([2H])[2H])c([2H])c([2H])c1C.[2H]c1c([2H])c(C(=O)N2CCN(C(=O)C(=O)c3c[nH]c4c(OC)ncc(OC)c34)CC2)c([2H])c([2H])c1C. The third-order valence-electron chi connectivity index (χ3n) is 14.2. The lowest BCUT2D eigenvalue weighted by atomic mass is 10.1. The van der Waals surface area contributed by atoms with E-state index in [-0.39, 0.29) is 122 Å². The van der Waals surface area contributed by atoms with Crippen molar-refractivity contribution in [2.75, 3.05) is 121 Å². The molecular formula is C68H70N12O15. The molecule has 27 heteroatoms. The lowest BCUT2D eigenvalue weighted by molar-refractivity contribution is -0.128. The summed E-state index contributed by atoms with van der Waals surface area (Å²) in [6.07, 6.45) is 7.19. The van der Waals surface area contributed by atoms with Crippen LogP contribution in [0.15, 0.2) is 116 Å². The summed E-state index contributed by atoms with van der Waals surface area (Å²) in [5, 5.41) is 0.286. The van der Waals surface area contributed by atoms with Gasteiger partial charge in [0.1, 0.15) is 33.8 Å². The Morgan fingerprint density at radius 1 is 0.389 bits per heavy atom. The lowest BCUT2D eigenvalue weighted by Gasteiger charge is -2.34. The topological polar surface area (TPSA) is 314 Å². The number of rotatable bonds is 15. The van der Waals surface area contributed by atoms with Crippen molar-refractivity contribution in [2.24, 2.45) is 0 Å². The van der Waals surface area contributed by atoms with Crippen LogP contribution >= 0.6 is 0 Å². The molecule has 12 rings (SSSR count). The minimum Gasteiger partial charge on any atom is -0.494 e. The molecule has 3 aromatic carbocycles. The number of pyridine rings is 3. The number of H-pyrrole nitrogens is 3. The maximum Gasteiger partial charge on any atom is 0.295 e. The van der Waals surface area contributed by atoms with Crippen LogP contribution in [-0.4, -0.2) is 233 Å². The summed E-state index contributed by atoms with van der Waals surface area (Å²) in [5.74, 6) is -12.0. The molecule has 0 radical (unpaired) electrons. The Bertz CT molecular complexity index is 5590. The van der Waals surface area contributed by atoms with Crippen molar-refractivity contribution in [3.05, 3.63) is 160 Å². The van der Waals surface area contributed by atoms with Gasteiger partial charge < -0.3 is 72.8 Å². The second-order valence-electron chi connectivity index (χ2n) is 19.8. The normalized spacial score (nSPS) is 21.8. The molecule has 492 valence electrons. The highest BCUT2D eigenvalue weighted by Crippen LogP contribution is 2.36. The number of hydrogen-bond donors (Lipinski definition) is 3. The van der Waals surface area contributed by atoms with Gasteiger partial charge in [0.25, 0.3) is 52.8 Å². The average molecular weight is 1320 g/mol. The molecule has 3 aliphatic rings. The van der Waals surface area contributed by atoms with E-state index in [1.807, 2.05) is 0 Å². The zero-order chi connectivity index (χ0) is 88.9. The van der Waals surface area contributed by atoms with Crippen LogP contribution < -0.4 is 28.4 Å². The van der Waals surface area contributed by atoms with E-state index in [0.717, 1.165) is 18.6 Å². The number of benzene rings is 3. The highest BCUT2D eigenvalue weighted by molar-refractivity contribution is 6.46. The van der Waals surface area contributed by atoms with E-state index in [4.69, 9.17) is 61.3 Å². The van der Waals surface area contributed by atoms with Crippen LogP contribution in [0.5, 0.6) is 34.9 Å². The highest BCUT2D eigenvalue weighted by atomic mass is 16.5. The number of nitrogens with zero attached hydrogens (tertiary/aromatic N) is 9. The number of fused-ring (bicyclic) bond motifs is 3. The van der Waals surface area contributed by atoms with Crippen molar-refractivity contribution >= 4 is 85.5 Å². The van der Waals surface area contributed by atoms with Crippen LogP contribution in [0.4, 0.5) is 0 Å². The maximum absolute atomic E-state index is 13.6. The minimum absolute atomic E-state index is 0.00673. The van der Waals surface area contributed by atoms with Crippen molar-refractivity contribution in [1.29, 1.82) is 0 Å². The first-order valence-electron chi connectivity index (χ1n) is 39.9. The Hall–Kier alpha value is -11.6. The van der Waals surface area contributed by atoms with Crippen molar-refractivity contribution in [3.63, 3.8) is 0 Å². The molecular weight excluding hydrogens is 1220 g/mol. The third kappa shape index (κ3) is 13.8. The fourth-order valence-electron chi connectivity index (χ4n) is 9.42. The molecule has 3 aliphatic heterocycles. The predicted molar refractivity (Wildman–Crippen MR) is 347 cm³/mol. The molecule has 95 heavy (non-hydrogen) atoms. The Kier molecular flexibility index (Phi) is 12.9. The van der Waals surface area contributed by atoms with Gasteiger partial charge in [-0.05, 0) is 50.1 Å². The zero-order valence-electron chi connectivity index (χ0n) is 75.3. The lowest BCUT2D eigenvalue weighted by Crippen LogP contribution is -2.52. The van der Waals surface area contributed by atoms with Crippen molar-refractivity contribution < 1.29 is 104 Å². The number of nitrogens with one attached hydrogen (secondary N) is 3. The Balaban J connectivity index is 0.000000189. The molecule has 0 spiro atoms. The molecule has 0 bridgehead atoms. The Morgan fingerprint density at radius 3 is 1.01 bits per heavy atom. The standard InChI is InChI=1S/2C23H24N4O5.C22H22N4O5/c2*1-14-4-6-15(7-5-14)22(29)26-8-10-27(11-9-26)23(30)20(28)16-12-24-19-18(16)17(31-2)13-25-21(19)32-3;1-30-16-13-24-20(31-2)18-17(16)15(12-23-18)19(27)22(29)26-10-8-25(9-11-26)21(28)14-6-4-3-5-7-14/h2*4-7,12-13,24H,8-11H2,1-3H3;3-7,12-13,23H,8-11H2,1-2H3/i4D,5D,6D,7D,8D2,9D2,10D2,11D2;4D,5D,6D,7D;8D2,9D2,10D2,11D2. The summed E-state index contributed by atoms with van der Waals surface area (Å²) in [6, 6.07) is 2.00. The van der Waals surface area contributed by atoms with Gasteiger partial charge in [-0.15, -0.1) is 0 Å².